The van der Waals surface area contributed by atoms with Crippen LogP contribution in [0.5, 0.6) is 5.75 Å². The average molecular weight is 373 g/mol. The highest BCUT2D eigenvalue weighted by atomic mass is 19.1. The van der Waals surface area contributed by atoms with Gasteiger partial charge in [-0.3, -0.25) is 4.79 Å². The van der Waals surface area contributed by atoms with Crippen LogP contribution in [0.1, 0.15) is 16.1 Å². The number of hydrogen-bond donors (Lipinski definition) is 1. The van der Waals surface area contributed by atoms with E-state index in [1.807, 2.05) is 43.3 Å². The van der Waals surface area contributed by atoms with Crippen molar-refractivity contribution in [3.8, 4) is 17.0 Å². The van der Waals surface area contributed by atoms with Crippen LogP contribution in [0.15, 0.2) is 47.0 Å². The Morgan fingerprint density at radius 1 is 1.19 bits per heavy atom. The molecule has 0 atom stereocenters. The molecule has 8 heteroatoms. The molecule has 0 saturated carbocycles. The Kier molecular flexibility index (Phi) is 5.07. The van der Waals surface area contributed by atoms with Crippen molar-refractivity contribution in [2.24, 2.45) is 5.73 Å². The molecule has 2 aromatic carbocycles. The van der Waals surface area contributed by atoms with Crippen molar-refractivity contribution in [1.82, 2.24) is 5.16 Å². The van der Waals surface area contributed by atoms with Gasteiger partial charge < -0.3 is 19.9 Å². The van der Waals surface area contributed by atoms with Crippen LogP contribution in [-0.2, 0) is 6.61 Å². The van der Waals surface area contributed by atoms with Gasteiger partial charge in [-0.05, 0) is 24.3 Å². The van der Waals surface area contributed by atoms with Crippen LogP contribution < -0.4 is 15.4 Å². The predicted octanol–water partition coefficient (Wildman–Crippen LogP) is 3.36. The molecule has 0 radical (unpaired) electrons. The summed E-state index contributed by atoms with van der Waals surface area (Å²) in [6.07, 6.45) is 0. The first-order chi connectivity index (χ1) is 12.9. The third-order valence-electron chi connectivity index (χ3n) is 3.91. The van der Waals surface area contributed by atoms with E-state index < -0.39 is 23.1 Å². The maximum atomic E-state index is 14.1. The van der Waals surface area contributed by atoms with Gasteiger partial charge in [0.1, 0.15) is 23.7 Å². The maximum Gasteiger partial charge on any atom is 0.254 e. The van der Waals surface area contributed by atoms with Gasteiger partial charge in [-0.25, -0.2) is 8.78 Å². The van der Waals surface area contributed by atoms with Crippen molar-refractivity contribution < 1.29 is 22.8 Å². The SMILES string of the molecule is CN(C)c1ccc(-c2cc(COc3ccc(F)c(C(N)=O)c3F)on2)cc1. The van der Waals surface area contributed by atoms with E-state index in [1.54, 1.807) is 6.07 Å². The summed E-state index contributed by atoms with van der Waals surface area (Å²) in [5.74, 6) is -3.37. The number of benzene rings is 2. The molecule has 0 aliphatic heterocycles. The molecule has 0 aliphatic rings. The van der Waals surface area contributed by atoms with E-state index >= 15 is 0 Å². The summed E-state index contributed by atoms with van der Waals surface area (Å²) < 4.78 is 38.1. The molecule has 140 valence electrons. The first kappa shape index (κ1) is 18.4. The van der Waals surface area contributed by atoms with E-state index in [1.165, 1.54) is 0 Å². The summed E-state index contributed by atoms with van der Waals surface area (Å²) in [6.45, 7) is -0.149. The second kappa shape index (κ2) is 7.45. The van der Waals surface area contributed by atoms with Crippen molar-refractivity contribution in [2.45, 2.75) is 6.61 Å². The molecule has 6 nitrogen and oxygen atoms in total. The fourth-order valence-electron chi connectivity index (χ4n) is 2.47. The van der Waals surface area contributed by atoms with Crippen molar-refractivity contribution in [3.63, 3.8) is 0 Å². The van der Waals surface area contributed by atoms with E-state index in [9.17, 15) is 13.6 Å². The number of rotatable bonds is 6. The molecule has 1 aromatic heterocycles. The molecule has 0 unspecified atom stereocenters. The summed E-state index contributed by atoms with van der Waals surface area (Å²) in [6, 6.07) is 11.3. The van der Waals surface area contributed by atoms with E-state index in [0.29, 0.717) is 11.5 Å². The summed E-state index contributed by atoms with van der Waals surface area (Å²) in [4.78, 5) is 13.1. The van der Waals surface area contributed by atoms with Crippen LogP contribution in [0.25, 0.3) is 11.3 Å². The third kappa shape index (κ3) is 3.89. The van der Waals surface area contributed by atoms with E-state index in [0.717, 1.165) is 23.4 Å². The lowest BCUT2D eigenvalue weighted by Gasteiger charge is -2.11. The lowest BCUT2D eigenvalue weighted by molar-refractivity contribution is 0.0991. The molecule has 0 spiro atoms. The zero-order valence-corrected chi connectivity index (χ0v) is 14.7. The largest absolute Gasteiger partial charge is 0.482 e. The number of aromatic nitrogens is 1. The van der Waals surface area contributed by atoms with Crippen LogP contribution in [0.2, 0.25) is 0 Å². The molecule has 0 aliphatic carbocycles. The zero-order chi connectivity index (χ0) is 19.6. The molecule has 0 bridgehead atoms. The van der Waals surface area contributed by atoms with Gasteiger partial charge in [0.15, 0.2) is 17.3 Å². The number of primary amides is 1. The van der Waals surface area contributed by atoms with Gasteiger partial charge in [-0.2, -0.15) is 0 Å². The second-order valence-electron chi connectivity index (χ2n) is 6.01. The van der Waals surface area contributed by atoms with Crippen LogP contribution in [-0.4, -0.2) is 25.2 Å². The minimum Gasteiger partial charge on any atom is -0.482 e. The van der Waals surface area contributed by atoms with Gasteiger partial charge in [-0.1, -0.05) is 17.3 Å². The zero-order valence-electron chi connectivity index (χ0n) is 14.7. The average Bonchev–Trinajstić information content (AvgIpc) is 3.10. The van der Waals surface area contributed by atoms with Crippen molar-refractivity contribution in [2.75, 3.05) is 19.0 Å². The number of amides is 1. The van der Waals surface area contributed by atoms with Crippen molar-refractivity contribution >= 4 is 11.6 Å². The Labute approximate surface area is 154 Å². The van der Waals surface area contributed by atoms with Crippen LogP contribution in [0, 0.1) is 11.6 Å². The smallest absolute Gasteiger partial charge is 0.254 e. The second-order valence-corrected chi connectivity index (χ2v) is 6.01. The van der Waals surface area contributed by atoms with Gasteiger partial charge in [0, 0.05) is 31.4 Å². The summed E-state index contributed by atoms with van der Waals surface area (Å²) in [5.41, 5.74) is 6.63. The number of ether oxygens (including phenoxy) is 1. The van der Waals surface area contributed by atoms with Gasteiger partial charge in [0.05, 0.1) is 0 Å². The fraction of sp³-hybridized carbons (Fsp3) is 0.158. The molecule has 27 heavy (non-hydrogen) atoms. The standard InChI is InChI=1S/C19H17F2N3O3/c1-24(2)12-5-3-11(4-6-12)15-9-13(27-23-15)10-26-16-8-7-14(20)17(18(16)21)19(22)25/h3-9H,10H2,1-2H3,(H2,22,25). The third-order valence-corrected chi connectivity index (χ3v) is 3.91. The molecule has 2 N–H and O–H groups in total. The lowest BCUT2D eigenvalue weighted by Crippen LogP contribution is -2.16. The topological polar surface area (TPSA) is 81.6 Å². The van der Waals surface area contributed by atoms with E-state index in [-0.39, 0.29) is 12.4 Å². The minimum atomic E-state index is -1.21. The molecular weight excluding hydrogens is 356 g/mol. The Morgan fingerprint density at radius 2 is 1.89 bits per heavy atom. The van der Waals surface area contributed by atoms with Gasteiger partial charge >= 0.3 is 0 Å². The number of nitrogens with zero attached hydrogens (tertiary/aromatic N) is 2. The number of nitrogens with two attached hydrogens (primary N) is 1. The number of carbonyl (C=O) groups excluding carboxylic acids is 1. The van der Waals surface area contributed by atoms with Crippen molar-refractivity contribution in [1.29, 1.82) is 0 Å². The van der Waals surface area contributed by atoms with Crippen LogP contribution in [0.4, 0.5) is 14.5 Å². The summed E-state index contributed by atoms with van der Waals surface area (Å²) >= 11 is 0. The molecule has 3 aromatic rings. The Hall–Kier alpha value is -3.42. The first-order valence-corrected chi connectivity index (χ1v) is 8.00. The molecular formula is C19H17F2N3O3. The Morgan fingerprint density at radius 3 is 2.52 bits per heavy atom. The normalized spacial score (nSPS) is 10.7. The number of hydrogen-bond acceptors (Lipinski definition) is 5. The number of halogens is 2. The van der Waals surface area contributed by atoms with Crippen molar-refractivity contribution in [3.05, 3.63) is 65.4 Å². The quantitative estimate of drug-likeness (QED) is 0.716. The minimum absolute atomic E-state index is 0.149. The monoisotopic (exact) mass is 373 g/mol. The van der Waals surface area contributed by atoms with Gasteiger partial charge in [0.25, 0.3) is 5.91 Å². The van der Waals surface area contributed by atoms with E-state index in [2.05, 4.69) is 5.16 Å². The molecule has 1 heterocycles. The highest BCUT2D eigenvalue weighted by molar-refractivity contribution is 5.93. The number of carbonyl (C=O) groups is 1. The van der Waals surface area contributed by atoms with Gasteiger partial charge in [0.2, 0.25) is 0 Å². The highest BCUT2D eigenvalue weighted by Crippen LogP contribution is 2.26. The Balaban J connectivity index is 1.73. The molecule has 0 fully saturated rings. The fourth-order valence-corrected chi connectivity index (χ4v) is 2.47. The summed E-state index contributed by atoms with van der Waals surface area (Å²) in [7, 11) is 3.89. The maximum absolute atomic E-state index is 14.1. The highest BCUT2D eigenvalue weighted by Gasteiger charge is 2.19. The number of anilines is 1. The predicted molar refractivity (Wildman–Crippen MR) is 95.5 cm³/mol. The van der Waals surface area contributed by atoms with Crippen LogP contribution >= 0.6 is 0 Å². The lowest BCUT2D eigenvalue weighted by atomic mass is 10.1. The van der Waals surface area contributed by atoms with E-state index in [4.69, 9.17) is 15.0 Å². The molecule has 0 saturated heterocycles. The first-order valence-electron chi connectivity index (χ1n) is 8.00. The van der Waals surface area contributed by atoms with Crippen LogP contribution in [0.3, 0.4) is 0 Å². The summed E-state index contributed by atoms with van der Waals surface area (Å²) in [5, 5.41) is 3.96. The molecule has 3 rings (SSSR count). The Bertz CT molecular complexity index is 969. The van der Waals surface area contributed by atoms with Gasteiger partial charge in [-0.15, -0.1) is 0 Å². The molecule has 1 amide bonds.